The van der Waals surface area contributed by atoms with Crippen LogP contribution < -0.4 is 16.0 Å². The average molecular weight is 494 g/mol. The molecule has 3 aromatic rings. The van der Waals surface area contributed by atoms with E-state index in [1.807, 2.05) is 42.5 Å². The lowest BCUT2D eigenvalue weighted by molar-refractivity contribution is -0.119. The maximum atomic E-state index is 12.5. The van der Waals surface area contributed by atoms with Crippen LogP contribution in [0.4, 0.5) is 11.4 Å². The molecule has 0 heterocycles. The van der Waals surface area contributed by atoms with Gasteiger partial charge < -0.3 is 16.0 Å². The first-order valence-corrected chi connectivity index (χ1v) is 11.8. The molecule has 0 aliphatic carbocycles. The lowest BCUT2D eigenvalue weighted by Gasteiger charge is -2.19. The molecule has 0 aromatic heterocycles. The van der Waals surface area contributed by atoms with Gasteiger partial charge in [0.2, 0.25) is 5.91 Å². The van der Waals surface area contributed by atoms with E-state index in [1.54, 1.807) is 30.3 Å². The lowest BCUT2D eigenvalue weighted by atomic mass is 9.87. The summed E-state index contributed by atoms with van der Waals surface area (Å²) in [6.07, 6.45) is 0.800. The summed E-state index contributed by atoms with van der Waals surface area (Å²) in [5, 5.41) is 9.38. The van der Waals surface area contributed by atoms with Crippen molar-refractivity contribution in [3.8, 4) is 0 Å². The molecule has 0 saturated heterocycles. The number of hydrogen-bond donors (Lipinski definition) is 3. The average Bonchev–Trinajstić information content (AvgIpc) is 2.79. The monoisotopic (exact) mass is 493 g/mol. The van der Waals surface area contributed by atoms with Gasteiger partial charge in [-0.15, -0.1) is 0 Å². The van der Waals surface area contributed by atoms with Crippen LogP contribution in [0.2, 0.25) is 5.02 Å². The van der Waals surface area contributed by atoms with E-state index in [2.05, 4.69) is 36.7 Å². The highest BCUT2D eigenvalue weighted by atomic mass is 35.5. The molecule has 7 heteroatoms. The van der Waals surface area contributed by atoms with Crippen LogP contribution in [0.5, 0.6) is 0 Å². The molecule has 176 valence electrons. The first-order chi connectivity index (χ1) is 16.1. The standard InChI is InChI=1S/C27H28ClN3O2S/c1-27(2,3)20-11-8-19(9-12-20)25(33)29-21-13-15-22(16-14-21)30-26(34)31-24(32)17-10-18-6-4-5-7-23(18)28/h4-9,11-16H,10,17H2,1-3H3,(H,29,33)(H2,30,31,32,34). The van der Waals surface area contributed by atoms with Crippen LogP contribution in [-0.4, -0.2) is 16.9 Å². The van der Waals surface area contributed by atoms with Crippen molar-refractivity contribution in [2.75, 3.05) is 10.6 Å². The van der Waals surface area contributed by atoms with Gasteiger partial charge in [0, 0.05) is 28.4 Å². The lowest BCUT2D eigenvalue weighted by Crippen LogP contribution is -2.34. The van der Waals surface area contributed by atoms with Gasteiger partial charge in [0.1, 0.15) is 0 Å². The number of anilines is 2. The fourth-order valence-electron chi connectivity index (χ4n) is 3.26. The van der Waals surface area contributed by atoms with E-state index in [9.17, 15) is 9.59 Å². The van der Waals surface area contributed by atoms with Crippen LogP contribution in [-0.2, 0) is 16.6 Å². The number of benzene rings is 3. The third-order valence-electron chi connectivity index (χ3n) is 5.25. The Kier molecular flexibility index (Phi) is 8.42. The summed E-state index contributed by atoms with van der Waals surface area (Å²) in [5.41, 5.74) is 4.07. The molecular formula is C27H28ClN3O2S. The summed E-state index contributed by atoms with van der Waals surface area (Å²) in [5.74, 6) is -0.374. The fraction of sp³-hybridized carbons (Fsp3) is 0.222. The zero-order valence-electron chi connectivity index (χ0n) is 19.4. The molecule has 34 heavy (non-hydrogen) atoms. The predicted molar refractivity (Wildman–Crippen MR) is 144 cm³/mol. The highest BCUT2D eigenvalue weighted by Gasteiger charge is 2.14. The normalized spacial score (nSPS) is 10.9. The Morgan fingerprint density at radius 2 is 1.44 bits per heavy atom. The van der Waals surface area contributed by atoms with E-state index in [0.29, 0.717) is 28.4 Å². The number of carbonyl (C=O) groups excluding carboxylic acids is 2. The molecular weight excluding hydrogens is 466 g/mol. The van der Waals surface area contributed by atoms with E-state index < -0.39 is 0 Å². The van der Waals surface area contributed by atoms with Gasteiger partial charge in [-0.1, -0.05) is 62.7 Å². The molecule has 3 aromatic carbocycles. The number of rotatable bonds is 6. The van der Waals surface area contributed by atoms with Gasteiger partial charge in [0.15, 0.2) is 5.11 Å². The summed E-state index contributed by atoms with van der Waals surface area (Å²) in [7, 11) is 0. The molecule has 5 nitrogen and oxygen atoms in total. The maximum absolute atomic E-state index is 12.5. The van der Waals surface area contributed by atoms with E-state index in [0.717, 1.165) is 5.56 Å². The number of nitrogens with one attached hydrogen (secondary N) is 3. The Hall–Kier alpha value is -3.22. The van der Waals surface area contributed by atoms with Gasteiger partial charge >= 0.3 is 0 Å². The smallest absolute Gasteiger partial charge is 0.255 e. The van der Waals surface area contributed by atoms with Crippen LogP contribution in [0, 0.1) is 0 Å². The van der Waals surface area contributed by atoms with Crippen LogP contribution in [0.1, 0.15) is 48.7 Å². The van der Waals surface area contributed by atoms with Gasteiger partial charge in [0.05, 0.1) is 0 Å². The largest absolute Gasteiger partial charge is 0.332 e. The maximum Gasteiger partial charge on any atom is 0.255 e. The second-order valence-electron chi connectivity index (χ2n) is 8.95. The molecule has 0 radical (unpaired) electrons. The highest BCUT2D eigenvalue weighted by Crippen LogP contribution is 2.23. The second-order valence-corrected chi connectivity index (χ2v) is 9.77. The van der Waals surface area contributed by atoms with Gasteiger partial charge in [-0.05, 0) is 77.6 Å². The molecule has 0 fully saturated rings. The number of hydrogen-bond acceptors (Lipinski definition) is 3. The van der Waals surface area contributed by atoms with Crippen LogP contribution >= 0.6 is 23.8 Å². The van der Waals surface area contributed by atoms with Crippen molar-refractivity contribution in [2.24, 2.45) is 0 Å². The SMILES string of the molecule is CC(C)(C)c1ccc(C(=O)Nc2ccc(NC(=S)NC(=O)CCc3ccccc3Cl)cc2)cc1. The van der Waals surface area contributed by atoms with Gasteiger partial charge in [-0.2, -0.15) is 0 Å². The van der Waals surface area contributed by atoms with Crippen LogP contribution in [0.3, 0.4) is 0 Å². The Morgan fingerprint density at radius 3 is 2.03 bits per heavy atom. The first-order valence-electron chi connectivity index (χ1n) is 11.0. The Labute approximate surface area is 210 Å². The Bertz CT molecular complexity index is 1170. The number of halogens is 1. The van der Waals surface area contributed by atoms with Gasteiger partial charge in [-0.25, -0.2) is 0 Å². The summed E-state index contributed by atoms with van der Waals surface area (Å²) < 4.78 is 0. The summed E-state index contributed by atoms with van der Waals surface area (Å²) in [6.45, 7) is 6.40. The van der Waals surface area contributed by atoms with E-state index >= 15 is 0 Å². The molecule has 0 atom stereocenters. The minimum absolute atomic E-state index is 0.0352. The second kappa shape index (κ2) is 11.3. The minimum atomic E-state index is -0.196. The fourth-order valence-corrected chi connectivity index (χ4v) is 3.72. The summed E-state index contributed by atoms with van der Waals surface area (Å²) in [6, 6.07) is 22.2. The third-order valence-corrected chi connectivity index (χ3v) is 5.82. The van der Waals surface area contributed by atoms with Crippen molar-refractivity contribution in [1.82, 2.24) is 5.32 Å². The molecule has 0 spiro atoms. The van der Waals surface area contributed by atoms with E-state index in [1.165, 1.54) is 5.56 Å². The van der Waals surface area contributed by atoms with Crippen molar-refractivity contribution in [3.63, 3.8) is 0 Å². The van der Waals surface area contributed by atoms with Crippen molar-refractivity contribution < 1.29 is 9.59 Å². The number of carbonyl (C=O) groups is 2. The number of amides is 2. The van der Waals surface area contributed by atoms with Gasteiger partial charge in [-0.3, -0.25) is 9.59 Å². The van der Waals surface area contributed by atoms with Crippen LogP contribution in [0.15, 0.2) is 72.8 Å². The molecule has 3 rings (SSSR count). The predicted octanol–water partition coefficient (Wildman–Crippen LogP) is 6.34. The Morgan fingerprint density at radius 1 is 0.853 bits per heavy atom. The Balaban J connectivity index is 1.48. The molecule has 0 unspecified atom stereocenters. The molecule has 0 aliphatic rings. The quantitative estimate of drug-likeness (QED) is 0.350. The molecule has 2 amide bonds. The molecule has 0 bridgehead atoms. The van der Waals surface area contributed by atoms with E-state index in [4.69, 9.17) is 23.8 Å². The zero-order chi connectivity index (χ0) is 24.7. The minimum Gasteiger partial charge on any atom is -0.332 e. The van der Waals surface area contributed by atoms with Crippen molar-refractivity contribution in [2.45, 2.75) is 39.0 Å². The number of thiocarbonyl (C=S) groups is 1. The third kappa shape index (κ3) is 7.40. The zero-order valence-corrected chi connectivity index (χ0v) is 21.0. The van der Waals surface area contributed by atoms with E-state index in [-0.39, 0.29) is 28.8 Å². The van der Waals surface area contributed by atoms with Crippen molar-refractivity contribution in [3.05, 3.63) is 94.5 Å². The van der Waals surface area contributed by atoms with Crippen molar-refractivity contribution in [1.29, 1.82) is 0 Å². The van der Waals surface area contributed by atoms with Gasteiger partial charge in [0.25, 0.3) is 5.91 Å². The summed E-state index contributed by atoms with van der Waals surface area (Å²) in [4.78, 5) is 24.7. The highest BCUT2D eigenvalue weighted by molar-refractivity contribution is 7.80. The topological polar surface area (TPSA) is 70.2 Å². The number of aryl methyl sites for hydroxylation is 1. The molecule has 3 N–H and O–H groups in total. The van der Waals surface area contributed by atoms with Crippen molar-refractivity contribution >= 4 is 52.1 Å². The molecule has 0 aliphatic heterocycles. The molecule has 0 saturated carbocycles. The summed E-state index contributed by atoms with van der Waals surface area (Å²) >= 11 is 11.4. The van der Waals surface area contributed by atoms with Crippen LogP contribution in [0.25, 0.3) is 0 Å². The first kappa shape index (κ1) is 25.4.